The molecule has 7 heteroatoms. The molecule has 0 saturated heterocycles. The predicted octanol–water partition coefficient (Wildman–Crippen LogP) is 4.62. The number of halogens is 2. The summed E-state index contributed by atoms with van der Waals surface area (Å²) in [5, 5.41) is 22.8. The maximum atomic E-state index is 14.2. The van der Waals surface area contributed by atoms with Crippen LogP contribution in [0.5, 0.6) is 5.75 Å². The molecular weight excluding hydrogens is 440 g/mol. The van der Waals surface area contributed by atoms with Crippen LogP contribution in [-0.4, -0.2) is 41.0 Å². The summed E-state index contributed by atoms with van der Waals surface area (Å²) in [6.45, 7) is 7.73. The summed E-state index contributed by atoms with van der Waals surface area (Å²) in [4.78, 5) is 11.0. The van der Waals surface area contributed by atoms with Crippen molar-refractivity contribution in [2.45, 2.75) is 57.1 Å². The van der Waals surface area contributed by atoms with E-state index in [1.54, 1.807) is 0 Å². The molecule has 0 saturated carbocycles. The van der Waals surface area contributed by atoms with E-state index in [-0.39, 0.29) is 36.4 Å². The van der Waals surface area contributed by atoms with E-state index < -0.39 is 29.6 Å². The number of β-amino-alcohol motifs (C(OH)–C–C–N with tert-alkyl or cyclic N) is 1. The largest absolute Gasteiger partial charge is 0.488 e. The van der Waals surface area contributed by atoms with Gasteiger partial charge in [0.05, 0.1) is 6.42 Å². The van der Waals surface area contributed by atoms with Crippen LogP contribution in [0.4, 0.5) is 8.78 Å². The molecule has 3 rings (SSSR count). The van der Waals surface area contributed by atoms with E-state index in [1.165, 1.54) is 23.3 Å². The normalized spacial score (nSPS) is 15.6. The van der Waals surface area contributed by atoms with Crippen LogP contribution in [0.3, 0.4) is 0 Å². The Morgan fingerprint density at radius 3 is 2.50 bits per heavy atom. The van der Waals surface area contributed by atoms with Crippen LogP contribution < -0.4 is 10.1 Å². The van der Waals surface area contributed by atoms with Crippen LogP contribution in [0.25, 0.3) is 0 Å². The number of aliphatic carboxylic acids is 1. The van der Waals surface area contributed by atoms with Gasteiger partial charge in [0.25, 0.3) is 0 Å². The first-order chi connectivity index (χ1) is 16.1. The SMILES string of the molecule is C=CC(CC(=O)O)c1cc(F)c(F)c(OCC(O)CNC(C)(C)CC2Cc3ccccc3C2)c1. The molecule has 2 unspecified atom stereocenters. The van der Waals surface area contributed by atoms with Gasteiger partial charge in [-0.3, -0.25) is 4.79 Å². The van der Waals surface area contributed by atoms with Crippen molar-refractivity contribution in [2.75, 3.05) is 13.2 Å². The quantitative estimate of drug-likeness (QED) is 0.392. The molecule has 0 radical (unpaired) electrons. The number of hydrogen-bond acceptors (Lipinski definition) is 4. The van der Waals surface area contributed by atoms with Crippen molar-refractivity contribution in [3.8, 4) is 5.75 Å². The highest BCUT2D eigenvalue weighted by Crippen LogP contribution is 2.32. The zero-order valence-corrected chi connectivity index (χ0v) is 19.7. The van der Waals surface area contributed by atoms with Crippen LogP contribution >= 0.6 is 0 Å². The Bertz CT molecular complexity index is 999. The monoisotopic (exact) mass is 473 g/mol. The van der Waals surface area contributed by atoms with E-state index >= 15 is 0 Å². The minimum atomic E-state index is -1.18. The molecule has 34 heavy (non-hydrogen) atoms. The zero-order valence-electron chi connectivity index (χ0n) is 19.7. The lowest BCUT2D eigenvalue weighted by Gasteiger charge is -2.30. The average Bonchev–Trinajstić information content (AvgIpc) is 3.18. The van der Waals surface area contributed by atoms with Crippen molar-refractivity contribution in [2.24, 2.45) is 5.92 Å². The van der Waals surface area contributed by atoms with E-state index in [0.717, 1.165) is 25.3 Å². The number of fused-ring (bicyclic) bond motifs is 1. The van der Waals surface area contributed by atoms with Crippen LogP contribution in [0.1, 0.15) is 49.3 Å². The lowest BCUT2D eigenvalue weighted by Crippen LogP contribution is -2.46. The molecule has 0 heterocycles. The van der Waals surface area contributed by atoms with E-state index in [4.69, 9.17) is 9.84 Å². The molecular formula is C27H33F2NO4. The summed E-state index contributed by atoms with van der Waals surface area (Å²) in [5.74, 6) is -3.93. The number of nitrogens with one attached hydrogen (secondary N) is 1. The highest BCUT2D eigenvalue weighted by molar-refractivity contribution is 5.68. The third-order valence-electron chi connectivity index (χ3n) is 6.31. The van der Waals surface area contributed by atoms with Gasteiger partial charge in [-0.2, -0.15) is 4.39 Å². The number of rotatable bonds is 12. The first kappa shape index (κ1) is 25.8. The number of aliphatic hydroxyl groups excluding tert-OH is 1. The second-order valence-corrected chi connectivity index (χ2v) is 9.73. The van der Waals surface area contributed by atoms with Gasteiger partial charge in [-0.1, -0.05) is 30.3 Å². The molecule has 3 N–H and O–H groups in total. The number of ether oxygens (including phenoxy) is 1. The molecule has 1 aliphatic carbocycles. The Labute approximate surface area is 199 Å². The number of allylic oxidation sites excluding steroid dienone is 1. The smallest absolute Gasteiger partial charge is 0.304 e. The topological polar surface area (TPSA) is 78.8 Å². The van der Waals surface area contributed by atoms with Gasteiger partial charge in [-0.05, 0) is 67.9 Å². The molecule has 0 aliphatic heterocycles. The van der Waals surface area contributed by atoms with Crippen molar-refractivity contribution in [1.82, 2.24) is 5.32 Å². The Morgan fingerprint density at radius 2 is 1.91 bits per heavy atom. The minimum absolute atomic E-state index is 0.223. The standard InChI is InChI=1S/C27H33F2NO4/c1-4-18(13-25(32)33)21-11-23(28)26(29)24(12-21)34-16-22(31)15-30-27(2,3)14-17-9-19-7-5-6-8-20(19)10-17/h4-8,11-12,17-18,22,30-31H,1,9-10,13-16H2,2-3H3,(H,32,33). The average molecular weight is 474 g/mol. The second kappa shape index (κ2) is 11.1. The minimum Gasteiger partial charge on any atom is -0.488 e. The van der Waals surface area contributed by atoms with Gasteiger partial charge in [0.1, 0.15) is 12.7 Å². The van der Waals surface area contributed by atoms with Crippen molar-refractivity contribution in [3.05, 3.63) is 77.4 Å². The van der Waals surface area contributed by atoms with Crippen LogP contribution in [0.2, 0.25) is 0 Å². The van der Waals surface area contributed by atoms with Gasteiger partial charge in [0, 0.05) is 18.0 Å². The third-order valence-corrected chi connectivity index (χ3v) is 6.31. The van der Waals surface area contributed by atoms with Crippen LogP contribution in [-0.2, 0) is 17.6 Å². The third kappa shape index (κ3) is 6.87. The van der Waals surface area contributed by atoms with E-state index in [1.807, 2.05) is 0 Å². The number of carbonyl (C=O) groups is 1. The Hall–Kier alpha value is -2.77. The molecule has 5 nitrogen and oxygen atoms in total. The predicted molar refractivity (Wildman–Crippen MR) is 127 cm³/mol. The summed E-state index contributed by atoms with van der Waals surface area (Å²) < 4.78 is 33.7. The Balaban J connectivity index is 1.53. The first-order valence-corrected chi connectivity index (χ1v) is 11.5. The lowest BCUT2D eigenvalue weighted by atomic mass is 9.88. The number of carboxylic acids is 1. The van der Waals surface area contributed by atoms with Crippen molar-refractivity contribution >= 4 is 5.97 Å². The van der Waals surface area contributed by atoms with E-state index in [2.05, 4.69) is 50.0 Å². The maximum Gasteiger partial charge on any atom is 0.304 e. The number of benzene rings is 2. The van der Waals surface area contributed by atoms with Gasteiger partial charge in [-0.15, -0.1) is 6.58 Å². The van der Waals surface area contributed by atoms with Gasteiger partial charge >= 0.3 is 5.97 Å². The number of aliphatic hydroxyl groups is 1. The first-order valence-electron chi connectivity index (χ1n) is 11.5. The van der Waals surface area contributed by atoms with Gasteiger partial charge < -0.3 is 20.3 Å². The Kier molecular flexibility index (Phi) is 8.44. The molecule has 2 aromatic rings. The summed E-state index contributed by atoms with van der Waals surface area (Å²) in [6, 6.07) is 10.7. The molecule has 0 spiro atoms. The van der Waals surface area contributed by atoms with Crippen molar-refractivity contribution in [1.29, 1.82) is 0 Å². The molecule has 0 fully saturated rings. The fraction of sp³-hybridized carbons (Fsp3) is 0.444. The molecule has 1 aliphatic rings. The number of hydrogen-bond donors (Lipinski definition) is 3. The summed E-state index contributed by atoms with van der Waals surface area (Å²) in [5.41, 5.74) is 2.82. The molecule has 0 bridgehead atoms. The highest BCUT2D eigenvalue weighted by atomic mass is 19.2. The van der Waals surface area contributed by atoms with Crippen LogP contribution in [0.15, 0.2) is 49.1 Å². The van der Waals surface area contributed by atoms with E-state index in [9.17, 15) is 18.7 Å². The molecule has 184 valence electrons. The van der Waals surface area contributed by atoms with Gasteiger partial charge in [-0.25, -0.2) is 4.39 Å². The van der Waals surface area contributed by atoms with Crippen molar-refractivity contribution in [3.63, 3.8) is 0 Å². The molecule has 2 atom stereocenters. The summed E-state index contributed by atoms with van der Waals surface area (Å²) in [6.07, 6.45) is 3.14. The van der Waals surface area contributed by atoms with E-state index in [0.29, 0.717) is 5.92 Å². The number of carboxylic acid groups (broad SMARTS) is 1. The van der Waals surface area contributed by atoms with Gasteiger partial charge in [0.15, 0.2) is 11.6 Å². The summed E-state index contributed by atoms with van der Waals surface area (Å²) in [7, 11) is 0. The molecule has 0 aromatic heterocycles. The molecule has 2 aromatic carbocycles. The second-order valence-electron chi connectivity index (χ2n) is 9.73. The fourth-order valence-electron chi connectivity index (χ4n) is 4.66. The zero-order chi connectivity index (χ0) is 24.9. The Morgan fingerprint density at radius 1 is 1.26 bits per heavy atom. The fourth-order valence-corrected chi connectivity index (χ4v) is 4.66. The highest BCUT2D eigenvalue weighted by Gasteiger charge is 2.28. The van der Waals surface area contributed by atoms with Crippen LogP contribution in [0, 0.1) is 17.6 Å². The van der Waals surface area contributed by atoms with Crippen molar-refractivity contribution < 1.29 is 28.5 Å². The molecule has 0 amide bonds. The lowest BCUT2D eigenvalue weighted by molar-refractivity contribution is -0.137. The maximum absolute atomic E-state index is 14.2. The van der Waals surface area contributed by atoms with Gasteiger partial charge in [0.2, 0.25) is 5.82 Å². The summed E-state index contributed by atoms with van der Waals surface area (Å²) >= 11 is 0.